The molecule has 1 amide bonds. The molecule has 0 spiro atoms. The number of aryl methyl sites for hydroxylation is 1. The van der Waals surface area contributed by atoms with Gasteiger partial charge in [0.15, 0.2) is 0 Å². The Labute approximate surface area is 229 Å². The van der Waals surface area contributed by atoms with Gasteiger partial charge in [-0.05, 0) is 60.0 Å². The lowest BCUT2D eigenvalue weighted by atomic mass is 10.1. The molecular weight excluding hydrogens is 520 g/mol. The molecule has 4 rings (SSSR count). The van der Waals surface area contributed by atoms with Gasteiger partial charge in [0.05, 0.1) is 12.8 Å². The van der Waals surface area contributed by atoms with E-state index < -0.39 is 16.6 Å². The molecule has 0 unspecified atom stereocenters. The number of ether oxygens (including phenoxy) is 1. The van der Waals surface area contributed by atoms with Gasteiger partial charge in [-0.3, -0.25) is 9.10 Å². The van der Waals surface area contributed by atoms with Crippen LogP contribution in [0.2, 0.25) is 5.02 Å². The van der Waals surface area contributed by atoms with Crippen LogP contribution in [0.4, 0.5) is 5.69 Å². The summed E-state index contributed by atoms with van der Waals surface area (Å²) in [4.78, 5) is 15.5. The minimum absolute atomic E-state index is 0.0135. The summed E-state index contributed by atoms with van der Waals surface area (Å²) < 4.78 is 34.6. The normalized spacial score (nSPS) is 11.1. The molecule has 0 radical (unpaired) electrons. The average molecular weight is 549 g/mol. The highest BCUT2D eigenvalue weighted by atomic mass is 35.5. The standard InChI is InChI=1S/C30H29ClN2O4S/c1-23-13-18-28(37-2)29(19-23)38(35,36)33(27-16-14-26(31)15-17-27)22-30(34)32(20-24-9-5-3-6-10-24)21-25-11-7-4-8-12-25/h3-19H,20-22H2,1-2H3. The van der Waals surface area contributed by atoms with Crippen LogP contribution in [0, 0.1) is 6.92 Å². The molecule has 4 aromatic carbocycles. The van der Waals surface area contributed by atoms with E-state index in [4.69, 9.17) is 16.3 Å². The van der Waals surface area contributed by atoms with Gasteiger partial charge in [0.1, 0.15) is 17.2 Å². The Hall–Kier alpha value is -3.81. The molecule has 0 fully saturated rings. The third kappa shape index (κ3) is 6.54. The zero-order chi connectivity index (χ0) is 27.1. The van der Waals surface area contributed by atoms with Crippen LogP contribution in [0.3, 0.4) is 0 Å². The molecular formula is C30H29ClN2O4S. The molecule has 6 nitrogen and oxygen atoms in total. The van der Waals surface area contributed by atoms with E-state index in [9.17, 15) is 13.2 Å². The van der Waals surface area contributed by atoms with Crippen LogP contribution in [-0.4, -0.2) is 32.9 Å². The van der Waals surface area contributed by atoms with Crippen molar-refractivity contribution in [3.05, 3.63) is 125 Å². The van der Waals surface area contributed by atoms with Crippen molar-refractivity contribution in [3.8, 4) is 5.75 Å². The average Bonchev–Trinajstić information content (AvgIpc) is 2.93. The molecule has 0 aliphatic heterocycles. The zero-order valence-corrected chi connectivity index (χ0v) is 22.8. The number of amides is 1. The van der Waals surface area contributed by atoms with Crippen LogP contribution in [0.25, 0.3) is 0 Å². The lowest BCUT2D eigenvalue weighted by molar-refractivity contribution is -0.130. The van der Waals surface area contributed by atoms with Gasteiger partial charge in [0.25, 0.3) is 10.0 Å². The number of carbonyl (C=O) groups is 1. The summed E-state index contributed by atoms with van der Waals surface area (Å²) in [7, 11) is -2.77. The molecule has 0 aliphatic rings. The Balaban J connectivity index is 1.74. The van der Waals surface area contributed by atoms with E-state index in [2.05, 4.69) is 0 Å². The van der Waals surface area contributed by atoms with Gasteiger partial charge < -0.3 is 9.64 Å². The highest BCUT2D eigenvalue weighted by Gasteiger charge is 2.31. The fourth-order valence-electron chi connectivity index (χ4n) is 4.09. The first-order valence-corrected chi connectivity index (χ1v) is 13.9. The fraction of sp³-hybridized carbons (Fsp3) is 0.167. The van der Waals surface area contributed by atoms with E-state index in [1.165, 1.54) is 7.11 Å². The van der Waals surface area contributed by atoms with Gasteiger partial charge in [0, 0.05) is 18.1 Å². The van der Waals surface area contributed by atoms with Crippen molar-refractivity contribution in [2.24, 2.45) is 0 Å². The Bertz CT molecular complexity index is 1440. The number of carbonyl (C=O) groups excluding carboxylic acids is 1. The highest BCUT2D eigenvalue weighted by Crippen LogP contribution is 2.31. The minimum atomic E-state index is -4.19. The van der Waals surface area contributed by atoms with E-state index in [-0.39, 0.29) is 16.6 Å². The molecule has 38 heavy (non-hydrogen) atoms. The lowest BCUT2D eigenvalue weighted by Crippen LogP contribution is -2.42. The number of benzene rings is 4. The number of anilines is 1. The lowest BCUT2D eigenvalue weighted by Gasteiger charge is -2.29. The van der Waals surface area contributed by atoms with E-state index >= 15 is 0 Å². The second-order valence-corrected chi connectivity index (χ2v) is 11.1. The molecule has 0 saturated carbocycles. The summed E-state index contributed by atoms with van der Waals surface area (Å²) in [5, 5.41) is 0.459. The monoisotopic (exact) mass is 548 g/mol. The van der Waals surface area contributed by atoms with Gasteiger partial charge >= 0.3 is 0 Å². The summed E-state index contributed by atoms with van der Waals surface area (Å²) in [5.41, 5.74) is 2.96. The fourth-order valence-corrected chi connectivity index (χ4v) is 5.87. The number of nitrogens with zero attached hydrogens (tertiary/aromatic N) is 2. The first-order valence-electron chi connectivity index (χ1n) is 12.1. The predicted octanol–water partition coefficient (Wildman–Crippen LogP) is 6.08. The molecule has 0 aromatic heterocycles. The number of hydrogen-bond donors (Lipinski definition) is 0. The number of hydrogen-bond acceptors (Lipinski definition) is 4. The molecule has 0 heterocycles. The van der Waals surface area contributed by atoms with Crippen molar-refractivity contribution in [2.45, 2.75) is 24.9 Å². The summed E-state index contributed by atoms with van der Waals surface area (Å²) in [5.74, 6) is -0.143. The predicted molar refractivity (Wildman–Crippen MR) is 151 cm³/mol. The topological polar surface area (TPSA) is 66.9 Å². The quantitative estimate of drug-likeness (QED) is 0.241. The molecule has 8 heteroatoms. The smallest absolute Gasteiger partial charge is 0.268 e. The summed E-state index contributed by atoms with van der Waals surface area (Å²) in [6, 6.07) is 30.6. The van der Waals surface area contributed by atoms with Crippen LogP contribution in [-0.2, 0) is 27.9 Å². The van der Waals surface area contributed by atoms with E-state index in [0.29, 0.717) is 23.8 Å². The highest BCUT2D eigenvalue weighted by molar-refractivity contribution is 7.93. The maximum atomic E-state index is 14.1. The second-order valence-electron chi connectivity index (χ2n) is 8.86. The first kappa shape index (κ1) is 27.2. The summed E-state index contributed by atoms with van der Waals surface area (Å²) in [6.45, 7) is 2.06. The van der Waals surface area contributed by atoms with Gasteiger partial charge in [-0.15, -0.1) is 0 Å². The van der Waals surface area contributed by atoms with Crippen LogP contribution in [0.1, 0.15) is 16.7 Å². The Kier molecular flexibility index (Phi) is 8.71. The third-order valence-electron chi connectivity index (χ3n) is 6.07. The SMILES string of the molecule is COc1ccc(C)cc1S(=O)(=O)N(CC(=O)N(Cc1ccccc1)Cc1ccccc1)c1ccc(Cl)cc1. The largest absolute Gasteiger partial charge is 0.495 e. The van der Waals surface area contributed by atoms with Crippen molar-refractivity contribution in [2.75, 3.05) is 18.0 Å². The van der Waals surface area contributed by atoms with E-state index in [0.717, 1.165) is 21.0 Å². The number of rotatable bonds is 10. The first-order chi connectivity index (χ1) is 18.3. The van der Waals surface area contributed by atoms with Crippen molar-refractivity contribution < 1.29 is 17.9 Å². The minimum Gasteiger partial charge on any atom is -0.495 e. The van der Waals surface area contributed by atoms with E-state index in [1.54, 1.807) is 54.3 Å². The van der Waals surface area contributed by atoms with Crippen molar-refractivity contribution in [3.63, 3.8) is 0 Å². The molecule has 0 atom stereocenters. The number of sulfonamides is 1. The van der Waals surface area contributed by atoms with Crippen LogP contribution < -0.4 is 9.04 Å². The van der Waals surface area contributed by atoms with E-state index in [1.807, 2.05) is 60.7 Å². The van der Waals surface area contributed by atoms with Crippen LogP contribution >= 0.6 is 11.6 Å². The molecule has 0 saturated heterocycles. The second kappa shape index (κ2) is 12.2. The maximum Gasteiger partial charge on any atom is 0.268 e. The molecule has 0 N–H and O–H groups in total. The maximum absolute atomic E-state index is 14.1. The van der Waals surface area contributed by atoms with Gasteiger partial charge in [-0.25, -0.2) is 8.42 Å². The molecule has 196 valence electrons. The number of methoxy groups -OCH3 is 1. The van der Waals surface area contributed by atoms with Gasteiger partial charge in [-0.2, -0.15) is 0 Å². The van der Waals surface area contributed by atoms with Crippen molar-refractivity contribution in [1.29, 1.82) is 0 Å². The summed E-state index contributed by atoms with van der Waals surface area (Å²) >= 11 is 6.09. The Morgan fingerprint density at radius 3 is 1.89 bits per heavy atom. The molecule has 4 aromatic rings. The molecule has 0 bridgehead atoms. The summed E-state index contributed by atoms with van der Waals surface area (Å²) in [6.07, 6.45) is 0. The van der Waals surface area contributed by atoms with Gasteiger partial charge in [0.2, 0.25) is 5.91 Å². The number of halogens is 1. The van der Waals surface area contributed by atoms with Gasteiger partial charge in [-0.1, -0.05) is 78.3 Å². The van der Waals surface area contributed by atoms with Crippen molar-refractivity contribution >= 4 is 33.2 Å². The van der Waals surface area contributed by atoms with Crippen molar-refractivity contribution in [1.82, 2.24) is 4.90 Å². The Morgan fingerprint density at radius 1 is 0.816 bits per heavy atom. The van der Waals surface area contributed by atoms with Crippen LogP contribution in [0.15, 0.2) is 108 Å². The zero-order valence-electron chi connectivity index (χ0n) is 21.2. The van der Waals surface area contributed by atoms with Crippen LogP contribution in [0.5, 0.6) is 5.75 Å². The third-order valence-corrected chi connectivity index (χ3v) is 8.11. The molecule has 0 aliphatic carbocycles. The Morgan fingerprint density at radius 2 is 1.37 bits per heavy atom.